The van der Waals surface area contributed by atoms with Crippen molar-refractivity contribution in [1.82, 2.24) is 9.21 Å². The van der Waals surface area contributed by atoms with Gasteiger partial charge in [-0.25, -0.2) is 8.42 Å². The summed E-state index contributed by atoms with van der Waals surface area (Å²) in [4.78, 5) is 2.13. The summed E-state index contributed by atoms with van der Waals surface area (Å²) in [5.74, 6) is 0.739. The lowest BCUT2D eigenvalue weighted by Crippen LogP contribution is -2.52. The number of piperazine rings is 1. The molecule has 0 aromatic rings. The molecule has 0 spiro atoms. The van der Waals surface area contributed by atoms with Crippen LogP contribution in [0.25, 0.3) is 0 Å². The summed E-state index contributed by atoms with van der Waals surface area (Å²) in [6.07, 6.45) is 2.13. The van der Waals surface area contributed by atoms with E-state index >= 15 is 0 Å². The van der Waals surface area contributed by atoms with Crippen LogP contribution in [0, 0.1) is 5.92 Å². The van der Waals surface area contributed by atoms with Crippen LogP contribution in [0.1, 0.15) is 26.7 Å². The van der Waals surface area contributed by atoms with E-state index in [-0.39, 0.29) is 0 Å². The average molecular weight is 276 g/mol. The maximum Gasteiger partial charge on any atom is 0.214 e. The number of nitrogens with zero attached hydrogens (tertiary/aromatic N) is 2. The first-order chi connectivity index (χ1) is 8.26. The average Bonchev–Trinajstić information content (AvgIpc) is 2.99. The fourth-order valence-electron chi connectivity index (χ4n) is 2.40. The third-order valence-electron chi connectivity index (χ3n) is 3.48. The monoisotopic (exact) mass is 276 g/mol. The molecule has 0 atom stereocenters. The molecule has 0 radical (unpaired) electrons. The van der Waals surface area contributed by atoms with Crippen molar-refractivity contribution in [2.24, 2.45) is 5.92 Å². The largest absolute Gasteiger partial charge is 0.389 e. The molecule has 0 unspecified atom stereocenters. The normalized spacial score (nSPS) is 24.4. The highest BCUT2D eigenvalue weighted by molar-refractivity contribution is 7.89. The van der Waals surface area contributed by atoms with E-state index in [2.05, 4.69) is 4.90 Å². The fraction of sp³-hybridized carbons (Fsp3) is 1.00. The Labute approximate surface area is 110 Å². The standard InChI is InChI=1S/C12H24N2O3S/c1-12(2,15)10-13-5-7-14(8-6-13)18(16,17)9-11-3-4-11/h11,15H,3-10H2,1-2H3. The van der Waals surface area contributed by atoms with Crippen molar-refractivity contribution in [2.75, 3.05) is 38.5 Å². The summed E-state index contributed by atoms with van der Waals surface area (Å²) >= 11 is 0. The Morgan fingerprint density at radius 1 is 1.17 bits per heavy atom. The summed E-state index contributed by atoms with van der Waals surface area (Å²) in [6, 6.07) is 0. The maximum absolute atomic E-state index is 12.1. The lowest BCUT2D eigenvalue weighted by atomic mass is 10.1. The molecule has 0 aromatic carbocycles. The molecule has 18 heavy (non-hydrogen) atoms. The van der Waals surface area contributed by atoms with E-state index < -0.39 is 15.6 Å². The van der Waals surface area contributed by atoms with Crippen LogP contribution < -0.4 is 0 Å². The van der Waals surface area contributed by atoms with Gasteiger partial charge in [-0.15, -0.1) is 0 Å². The van der Waals surface area contributed by atoms with Gasteiger partial charge in [0.25, 0.3) is 0 Å². The van der Waals surface area contributed by atoms with Gasteiger partial charge in [-0.2, -0.15) is 4.31 Å². The summed E-state index contributed by atoms with van der Waals surface area (Å²) in [5.41, 5.74) is -0.713. The lowest BCUT2D eigenvalue weighted by molar-refractivity contribution is 0.0263. The van der Waals surface area contributed by atoms with Crippen molar-refractivity contribution in [2.45, 2.75) is 32.3 Å². The molecule has 106 valence electrons. The second-order valence-corrected chi connectivity index (χ2v) is 8.22. The van der Waals surface area contributed by atoms with Gasteiger partial charge in [-0.3, -0.25) is 4.90 Å². The van der Waals surface area contributed by atoms with E-state index in [0.717, 1.165) is 12.8 Å². The second kappa shape index (κ2) is 5.07. The molecule has 0 amide bonds. The molecule has 1 N–H and O–H groups in total. The summed E-state index contributed by atoms with van der Waals surface area (Å²) in [6.45, 7) is 6.72. The quantitative estimate of drug-likeness (QED) is 0.774. The van der Waals surface area contributed by atoms with Crippen LogP contribution in [-0.4, -0.2) is 66.8 Å². The Morgan fingerprint density at radius 2 is 1.72 bits per heavy atom. The van der Waals surface area contributed by atoms with Gasteiger partial charge >= 0.3 is 0 Å². The minimum atomic E-state index is -3.04. The zero-order valence-electron chi connectivity index (χ0n) is 11.3. The molecule has 0 bridgehead atoms. The molecular formula is C12H24N2O3S. The molecule has 0 aromatic heterocycles. The first kappa shape index (κ1) is 14.2. The summed E-state index contributed by atoms with van der Waals surface area (Å²) < 4.78 is 25.8. The minimum Gasteiger partial charge on any atom is -0.389 e. The maximum atomic E-state index is 12.1. The number of hydrogen-bond acceptors (Lipinski definition) is 4. The number of hydrogen-bond donors (Lipinski definition) is 1. The zero-order valence-corrected chi connectivity index (χ0v) is 12.1. The van der Waals surface area contributed by atoms with Crippen molar-refractivity contribution in [3.8, 4) is 0 Å². The Hall–Kier alpha value is -0.170. The van der Waals surface area contributed by atoms with E-state index in [1.54, 1.807) is 18.2 Å². The van der Waals surface area contributed by atoms with Crippen LogP contribution in [0.3, 0.4) is 0 Å². The molecule has 2 aliphatic rings. The molecule has 5 nitrogen and oxygen atoms in total. The lowest BCUT2D eigenvalue weighted by Gasteiger charge is -2.36. The predicted molar refractivity (Wildman–Crippen MR) is 70.8 cm³/mol. The van der Waals surface area contributed by atoms with E-state index in [1.807, 2.05) is 0 Å². The molecule has 1 aliphatic carbocycles. The van der Waals surface area contributed by atoms with Gasteiger partial charge in [-0.05, 0) is 32.6 Å². The number of rotatable bonds is 5. The Bertz CT molecular complexity index is 377. The smallest absolute Gasteiger partial charge is 0.214 e. The molecule has 1 heterocycles. The second-order valence-electron chi connectivity index (χ2n) is 6.21. The first-order valence-electron chi connectivity index (χ1n) is 6.69. The minimum absolute atomic E-state index is 0.332. The van der Waals surface area contributed by atoms with Crippen molar-refractivity contribution in [3.05, 3.63) is 0 Å². The molecular weight excluding hydrogens is 252 g/mol. The van der Waals surface area contributed by atoms with Gasteiger partial charge in [-0.1, -0.05) is 0 Å². The number of aliphatic hydroxyl groups is 1. The van der Waals surface area contributed by atoms with Crippen LogP contribution in [0.4, 0.5) is 0 Å². The van der Waals surface area contributed by atoms with Gasteiger partial charge in [0.15, 0.2) is 0 Å². The molecule has 1 aliphatic heterocycles. The summed E-state index contributed by atoms with van der Waals surface area (Å²) in [7, 11) is -3.04. The first-order valence-corrected chi connectivity index (χ1v) is 8.30. The van der Waals surface area contributed by atoms with Crippen LogP contribution in [-0.2, 0) is 10.0 Å². The third kappa shape index (κ3) is 4.19. The molecule has 1 saturated carbocycles. The number of sulfonamides is 1. The van der Waals surface area contributed by atoms with Crippen molar-refractivity contribution in [3.63, 3.8) is 0 Å². The molecule has 1 saturated heterocycles. The SMILES string of the molecule is CC(C)(O)CN1CCN(S(=O)(=O)CC2CC2)CC1. The third-order valence-corrected chi connectivity index (χ3v) is 5.52. The molecule has 2 fully saturated rings. The van der Waals surface area contributed by atoms with Crippen LogP contribution in [0.2, 0.25) is 0 Å². The topological polar surface area (TPSA) is 60.9 Å². The highest BCUT2D eigenvalue weighted by atomic mass is 32.2. The highest BCUT2D eigenvalue weighted by Gasteiger charge is 2.34. The van der Waals surface area contributed by atoms with Crippen molar-refractivity contribution >= 4 is 10.0 Å². The van der Waals surface area contributed by atoms with Gasteiger partial charge in [0.1, 0.15) is 0 Å². The van der Waals surface area contributed by atoms with Crippen LogP contribution >= 0.6 is 0 Å². The van der Waals surface area contributed by atoms with Crippen molar-refractivity contribution in [1.29, 1.82) is 0 Å². The van der Waals surface area contributed by atoms with E-state index in [1.165, 1.54) is 0 Å². The van der Waals surface area contributed by atoms with E-state index in [0.29, 0.717) is 44.4 Å². The zero-order chi connectivity index (χ0) is 13.4. The summed E-state index contributed by atoms with van der Waals surface area (Å²) in [5, 5.41) is 9.75. The Morgan fingerprint density at radius 3 is 2.17 bits per heavy atom. The van der Waals surface area contributed by atoms with Crippen LogP contribution in [0.15, 0.2) is 0 Å². The predicted octanol–water partition coefficient (Wildman–Crippen LogP) is 0.115. The van der Waals surface area contributed by atoms with E-state index in [9.17, 15) is 13.5 Å². The Balaban J connectivity index is 1.82. The van der Waals surface area contributed by atoms with E-state index in [4.69, 9.17) is 0 Å². The number of β-amino-alcohol motifs (C(OH)–C–C–N with tert-alkyl or cyclic N) is 1. The van der Waals surface area contributed by atoms with Gasteiger partial charge in [0.05, 0.1) is 11.4 Å². The molecule has 6 heteroatoms. The highest BCUT2D eigenvalue weighted by Crippen LogP contribution is 2.31. The van der Waals surface area contributed by atoms with Gasteiger partial charge in [0, 0.05) is 32.7 Å². The fourth-order valence-corrected chi connectivity index (χ4v) is 4.26. The molecule has 2 rings (SSSR count). The van der Waals surface area contributed by atoms with Crippen LogP contribution in [0.5, 0.6) is 0 Å². The van der Waals surface area contributed by atoms with Gasteiger partial charge in [0.2, 0.25) is 10.0 Å². The van der Waals surface area contributed by atoms with Gasteiger partial charge < -0.3 is 5.11 Å². The van der Waals surface area contributed by atoms with Crippen molar-refractivity contribution < 1.29 is 13.5 Å². The Kier molecular flexibility index (Phi) is 4.02.